The number of rotatable bonds is 3. The van der Waals surface area contributed by atoms with Crippen LogP contribution in [0.5, 0.6) is 0 Å². The maximum absolute atomic E-state index is 11.7. The topological polar surface area (TPSA) is 29.1 Å². The van der Waals surface area contributed by atoms with Crippen LogP contribution in [0.25, 0.3) is 0 Å². The highest BCUT2D eigenvalue weighted by molar-refractivity contribution is 5.79. The molecule has 1 rings (SSSR count). The minimum atomic E-state index is 0.267. The molecule has 1 aliphatic carbocycles. The second-order valence-corrected chi connectivity index (χ2v) is 5.18. The van der Waals surface area contributed by atoms with Crippen molar-refractivity contribution in [1.29, 1.82) is 0 Å². The Hall–Kier alpha value is -0.530. The average molecular weight is 197 g/mol. The minimum Gasteiger partial charge on any atom is -0.354 e. The van der Waals surface area contributed by atoms with E-state index < -0.39 is 0 Å². The molecule has 0 spiro atoms. The van der Waals surface area contributed by atoms with Crippen LogP contribution in [-0.4, -0.2) is 11.9 Å². The standard InChI is InChI=1S/C12H23NO/c1-8(2)10-5-6-11(7-10)12(14)13-9(3)4/h8-11H,5-7H2,1-4H3,(H,13,14)/t10-,11-/m1/s1. The van der Waals surface area contributed by atoms with Gasteiger partial charge in [-0.3, -0.25) is 4.79 Å². The number of hydrogen-bond acceptors (Lipinski definition) is 1. The van der Waals surface area contributed by atoms with Crippen molar-refractivity contribution in [2.75, 3.05) is 0 Å². The molecule has 2 nitrogen and oxygen atoms in total. The third-order valence-electron chi connectivity index (χ3n) is 3.22. The van der Waals surface area contributed by atoms with Gasteiger partial charge in [-0.15, -0.1) is 0 Å². The van der Waals surface area contributed by atoms with Gasteiger partial charge in [-0.05, 0) is 44.9 Å². The molecule has 0 aliphatic heterocycles. The molecule has 0 aromatic rings. The molecule has 0 unspecified atom stereocenters. The van der Waals surface area contributed by atoms with Gasteiger partial charge in [0.15, 0.2) is 0 Å². The van der Waals surface area contributed by atoms with Crippen molar-refractivity contribution in [3.05, 3.63) is 0 Å². The maximum Gasteiger partial charge on any atom is 0.223 e. The first-order chi connectivity index (χ1) is 6.50. The third kappa shape index (κ3) is 3.00. The predicted molar refractivity (Wildman–Crippen MR) is 58.9 cm³/mol. The van der Waals surface area contributed by atoms with Crippen molar-refractivity contribution in [3.8, 4) is 0 Å². The Balaban J connectivity index is 2.38. The number of amides is 1. The van der Waals surface area contributed by atoms with Crippen molar-refractivity contribution in [2.45, 2.75) is 53.0 Å². The first kappa shape index (κ1) is 11.5. The molecule has 1 amide bonds. The van der Waals surface area contributed by atoms with Crippen LogP contribution >= 0.6 is 0 Å². The van der Waals surface area contributed by atoms with Crippen LogP contribution in [0.1, 0.15) is 47.0 Å². The Morgan fingerprint density at radius 2 is 1.86 bits per heavy atom. The summed E-state index contributed by atoms with van der Waals surface area (Å²) in [7, 11) is 0. The molecular weight excluding hydrogens is 174 g/mol. The van der Waals surface area contributed by atoms with Gasteiger partial charge in [-0.2, -0.15) is 0 Å². The third-order valence-corrected chi connectivity index (χ3v) is 3.22. The number of nitrogens with one attached hydrogen (secondary N) is 1. The molecule has 0 aromatic carbocycles. The number of carbonyl (C=O) groups is 1. The van der Waals surface area contributed by atoms with E-state index in [0.29, 0.717) is 0 Å². The van der Waals surface area contributed by atoms with E-state index in [9.17, 15) is 4.79 Å². The van der Waals surface area contributed by atoms with Gasteiger partial charge in [0, 0.05) is 12.0 Å². The van der Waals surface area contributed by atoms with Crippen molar-refractivity contribution in [2.24, 2.45) is 17.8 Å². The Kier molecular flexibility index (Phi) is 3.97. The summed E-state index contributed by atoms with van der Waals surface area (Å²) >= 11 is 0. The van der Waals surface area contributed by atoms with E-state index >= 15 is 0 Å². The van der Waals surface area contributed by atoms with Crippen LogP contribution in [0.4, 0.5) is 0 Å². The van der Waals surface area contributed by atoms with Gasteiger partial charge in [-0.1, -0.05) is 13.8 Å². The van der Waals surface area contributed by atoms with E-state index in [1.807, 2.05) is 13.8 Å². The lowest BCUT2D eigenvalue weighted by Crippen LogP contribution is -2.34. The SMILES string of the molecule is CC(C)NC(=O)[C@@H]1CC[C@@H](C(C)C)C1. The smallest absolute Gasteiger partial charge is 0.223 e. The molecule has 82 valence electrons. The van der Waals surface area contributed by atoms with E-state index in [1.54, 1.807) is 0 Å². The van der Waals surface area contributed by atoms with E-state index in [-0.39, 0.29) is 17.9 Å². The summed E-state index contributed by atoms with van der Waals surface area (Å²) in [5.41, 5.74) is 0. The van der Waals surface area contributed by atoms with E-state index in [4.69, 9.17) is 0 Å². The van der Waals surface area contributed by atoms with Gasteiger partial charge in [0.25, 0.3) is 0 Å². The molecule has 1 aliphatic rings. The summed E-state index contributed by atoms with van der Waals surface area (Å²) in [5, 5.41) is 3.01. The van der Waals surface area contributed by atoms with Crippen LogP contribution in [0, 0.1) is 17.8 Å². The highest BCUT2D eigenvalue weighted by Crippen LogP contribution is 2.35. The zero-order valence-corrected chi connectivity index (χ0v) is 9.84. The Labute approximate surface area is 87.5 Å². The van der Waals surface area contributed by atoms with Crippen molar-refractivity contribution < 1.29 is 4.79 Å². The summed E-state index contributed by atoms with van der Waals surface area (Å²) in [5.74, 6) is 2.04. The highest BCUT2D eigenvalue weighted by atomic mass is 16.1. The van der Waals surface area contributed by atoms with Crippen LogP contribution in [0.3, 0.4) is 0 Å². The van der Waals surface area contributed by atoms with Crippen molar-refractivity contribution >= 4 is 5.91 Å². The largest absolute Gasteiger partial charge is 0.354 e. The zero-order chi connectivity index (χ0) is 10.7. The quantitative estimate of drug-likeness (QED) is 0.740. The lowest BCUT2D eigenvalue weighted by Gasteiger charge is -2.15. The first-order valence-corrected chi connectivity index (χ1v) is 5.81. The lowest BCUT2D eigenvalue weighted by atomic mass is 9.93. The van der Waals surface area contributed by atoms with Crippen LogP contribution in [0.2, 0.25) is 0 Å². The summed E-state index contributed by atoms with van der Waals surface area (Å²) in [6.45, 7) is 8.56. The summed E-state index contributed by atoms with van der Waals surface area (Å²) in [6, 6.07) is 0.278. The number of hydrogen-bond donors (Lipinski definition) is 1. The van der Waals surface area contributed by atoms with E-state index in [2.05, 4.69) is 19.2 Å². The van der Waals surface area contributed by atoms with Gasteiger partial charge in [0.05, 0.1) is 0 Å². The Morgan fingerprint density at radius 1 is 1.21 bits per heavy atom. The molecule has 2 atom stereocenters. The first-order valence-electron chi connectivity index (χ1n) is 5.81. The molecule has 0 radical (unpaired) electrons. The van der Waals surface area contributed by atoms with Gasteiger partial charge in [0.1, 0.15) is 0 Å². The number of carbonyl (C=O) groups excluding carboxylic acids is 1. The average Bonchev–Trinajstić information content (AvgIpc) is 2.50. The van der Waals surface area contributed by atoms with Gasteiger partial charge in [-0.25, -0.2) is 0 Å². The lowest BCUT2D eigenvalue weighted by molar-refractivity contribution is -0.125. The van der Waals surface area contributed by atoms with E-state index in [0.717, 1.165) is 24.7 Å². The molecule has 0 bridgehead atoms. The van der Waals surface area contributed by atoms with Gasteiger partial charge >= 0.3 is 0 Å². The molecule has 2 heteroatoms. The molecule has 0 aromatic heterocycles. The molecule has 0 heterocycles. The molecule has 1 N–H and O–H groups in total. The van der Waals surface area contributed by atoms with Gasteiger partial charge < -0.3 is 5.32 Å². The molecule has 1 fully saturated rings. The molecule has 0 saturated heterocycles. The highest BCUT2D eigenvalue weighted by Gasteiger charge is 2.31. The van der Waals surface area contributed by atoms with Crippen LogP contribution < -0.4 is 5.32 Å². The Morgan fingerprint density at radius 3 is 2.29 bits per heavy atom. The minimum absolute atomic E-state index is 0.267. The maximum atomic E-state index is 11.7. The zero-order valence-electron chi connectivity index (χ0n) is 9.84. The van der Waals surface area contributed by atoms with Crippen molar-refractivity contribution in [1.82, 2.24) is 5.32 Å². The molecule has 1 saturated carbocycles. The Bertz CT molecular complexity index is 198. The predicted octanol–water partition coefficient (Wildman–Crippen LogP) is 2.58. The van der Waals surface area contributed by atoms with Crippen LogP contribution in [0.15, 0.2) is 0 Å². The van der Waals surface area contributed by atoms with E-state index in [1.165, 1.54) is 6.42 Å². The molecule has 14 heavy (non-hydrogen) atoms. The van der Waals surface area contributed by atoms with Crippen molar-refractivity contribution in [3.63, 3.8) is 0 Å². The monoisotopic (exact) mass is 197 g/mol. The molecular formula is C12H23NO. The van der Waals surface area contributed by atoms with Crippen LogP contribution in [-0.2, 0) is 4.79 Å². The fraction of sp³-hybridized carbons (Fsp3) is 0.917. The fourth-order valence-electron chi connectivity index (χ4n) is 2.26. The summed E-state index contributed by atoms with van der Waals surface area (Å²) in [6.07, 6.45) is 3.41. The second-order valence-electron chi connectivity index (χ2n) is 5.18. The summed E-state index contributed by atoms with van der Waals surface area (Å²) < 4.78 is 0. The van der Waals surface area contributed by atoms with Gasteiger partial charge in [0.2, 0.25) is 5.91 Å². The second kappa shape index (κ2) is 4.81. The fourth-order valence-corrected chi connectivity index (χ4v) is 2.26. The summed E-state index contributed by atoms with van der Waals surface area (Å²) in [4.78, 5) is 11.7. The normalized spacial score (nSPS) is 27.3.